The zero-order valence-electron chi connectivity index (χ0n) is 22.0. The van der Waals surface area contributed by atoms with Crippen LogP contribution in [0.2, 0.25) is 0 Å². The Kier molecular flexibility index (Phi) is 7.98. The third kappa shape index (κ3) is 5.90. The molecule has 1 saturated heterocycles. The molecule has 2 N–H and O–H groups in total. The summed E-state index contributed by atoms with van der Waals surface area (Å²) in [6, 6.07) is 29.9. The minimum atomic E-state index is -0.417. The number of carbonyl (C=O) groups is 1. The number of aromatic nitrogens is 1. The van der Waals surface area contributed by atoms with Crippen LogP contribution in [0.1, 0.15) is 23.5 Å². The van der Waals surface area contributed by atoms with Gasteiger partial charge in [0.25, 0.3) is 5.91 Å². The number of nitrogens with zero attached hydrogens (tertiary/aromatic N) is 2. The number of furan rings is 1. The zero-order valence-corrected chi connectivity index (χ0v) is 24.4. The average Bonchev–Trinajstić information content (AvgIpc) is 3.62. The molecule has 1 aliphatic rings. The van der Waals surface area contributed by atoms with Crippen molar-refractivity contribution in [2.24, 2.45) is 0 Å². The molecule has 5 aromatic rings. The van der Waals surface area contributed by atoms with Gasteiger partial charge in [0.15, 0.2) is 11.7 Å². The van der Waals surface area contributed by atoms with E-state index in [1.54, 1.807) is 48.7 Å². The van der Waals surface area contributed by atoms with Crippen LogP contribution < -0.4 is 20.3 Å². The van der Waals surface area contributed by atoms with Crippen LogP contribution in [-0.4, -0.2) is 22.6 Å². The number of pyridine rings is 1. The van der Waals surface area contributed by atoms with Crippen molar-refractivity contribution >= 4 is 50.5 Å². The minimum absolute atomic E-state index is 0.112. The topological polar surface area (TPSA) is 79.6 Å². The predicted octanol–water partition coefficient (Wildman–Crippen LogP) is 7.44. The third-order valence-electron chi connectivity index (χ3n) is 6.76. The highest BCUT2D eigenvalue weighted by atomic mass is 79.9. The van der Waals surface area contributed by atoms with E-state index in [0.29, 0.717) is 38.1 Å². The highest BCUT2D eigenvalue weighted by Gasteiger charge is 2.42. The first kappa shape index (κ1) is 27.6. The summed E-state index contributed by atoms with van der Waals surface area (Å²) in [4.78, 5) is 19.0. The number of benzene rings is 3. The highest BCUT2D eigenvalue weighted by Crippen LogP contribution is 2.43. The van der Waals surface area contributed by atoms with E-state index < -0.39 is 11.9 Å². The fraction of sp³-hybridized carbons (Fsp3) is 0.0938. The van der Waals surface area contributed by atoms with Gasteiger partial charge in [0.1, 0.15) is 29.1 Å². The van der Waals surface area contributed by atoms with Gasteiger partial charge in [-0.3, -0.25) is 9.78 Å². The molecule has 0 radical (unpaired) electrons. The standard InChI is InChI=1S/C32H24BrFN4O3S/c33-20-9-14-24(25(34)18-20)27-15-16-28(41-27)31-30(26-8-4-5-17-35-26)37-32(42)38(31)22-12-10-21(11-13-22)36-29(39)19-40-23-6-2-1-3-7-23/h1-18,30-31H,19H2,(H,36,39)(H,37,42)/t30-,31-/m1/s1. The first-order valence-electron chi connectivity index (χ1n) is 13.1. The Bertz CT molecular complexity index is 1720. The first-order chi connectivity index (χ1) is 20.5. The molecule has 6 rings (SSSR count). The van der Waals surface area contributed by atoms with Crippen LogP contribution in [0, 0.1) is 5.82 Å². The summed E-state index contributed by atoms with van der Waals surface area (Å²) < 4.78 is 27.2. The van der Waals surface area contributed by atoms with Gasteiger partial charge < -0.3 is 24.7 Å². The first-order valence-corrected chi connectivity index (χ1v) is 14.3. The number of hydrogen-bond acceptors (Lipinski definition) is 5. The molecule has 3 aromatic carbocycles. The van der Waals surface area contributed by atoms with Crippen molar-refractivity contribution in [1.29, 1.82) is 0 Å². The molecule has 3 heterocycles. The lowest BCUT2D eigenvalue weighted by atomic mass is 10.0. The monoisotopic (exact) mass is 642 g/mol. The molecule has 7 nitrogen and oxygen atoms in total. The zero-order chi connectivity index (χ0) is 29.1. The van der Waals surface area contributed by atoms with Crippen molar-refractivity contribution in [3.8, 4) is 17.1 Å². The minimum Gasteiger partial charge on any atom is -0.484 e. The van der Waals surface area contributed by atoms with E-state index in [0.717, 1.165) is 11.4 Å². The molecule has 0 spiro atoms. The summed E-state index contributed by atoms with van der Waals surface area (Å²) in [6.45, 7) is -0.112. The summed E-state index contributed by atoms with van der Waals surface area (Å²) in [6.07, 6.45) is 1.73. The Balaban J connectivity index is 1.26. The Labute approximate surface area is 255 Å². The molecule has 10 heteroatoms. The number of rotatable bonds is 8. The molecule has 2 atom stereocenters. The average molecular weight is 644 g/mol. The van der Waals surface area contributed by atoms with Gasteiger partial charge in [-0.2, -0.15) is 0 Å². The fourth-order valence-corrected chi connectivity index (χ4v) is 5.51. The third-order valence-corrected chi connectivity index (χ3v) is 7.56. The van der Waals surface area contributed by atoms with E-state index in [4.69, 9.17) is 21.4 Å². The lowest BCUT2D eigenvalue weighted by Gasteiger charge is -2.26. The molecule has 1 amide bonds. The Morgan fingerprint density at radius 3 is 2.55 bits per heavy atom. The maximum Gasteiger partial charge on any atom is 0.262 e. The van der Waals surface area contributed by atoms with Crippen LogP contribution in [0.4, 0.5) is 15.8 Å². The number of halogens is 2. The van der Waals surface area contributed by atoms with Crippen molar-refractivity contribution in [1.82, 2.24) is 10.3 Å². The van der Waals surface area contributed by atoms with E-state index >= 15 is 0 Å². The number of nitrogens with one attached hydrogen (secondary N) is 2. The van der Waals surface area contributed by atoms with Gasteiger partial charge in [0.05, 0.1) is 17.3 Å². The summed E-state index contributed by atoms with van der Waals surface area (Å²) in [5, 5.41) is 6.72. The SMILES string of the molecule is O=C(COc1ccccc1)Nc1ccc(N2C(=S)N[C@H](c3ccccn3)[C@H]2c2ccc(-c3ccc(Br)cc3F)o2)cc1. The van der Waals surface area contributed by atoms with Crippen molar-refractivity contribution in [2.75, 3.05) is 16.8 Å². The van der Waals surface area contributed by atoms with Crippen LogP contribution in [0.25, 0.3) is 11.3 Å². The molecule has 42 heavy (non-hydrogen) atoms. The number of ether oxygens (including phenoxy) is 1. The predicted molar refractivity (Wildman–Crippen MR) is 167 cm³/mol. The van der Waals surface area contributed by atoms with Crippen LogP contribution in [0.3, 0.4) is 0 Å². The maximum atomic E-state index is 14.7. The smallest absolute Gasteiger partial charge is 0.262 e. The largest absolute Gasteiger partial charge is 0.484 e. The lowest BCUT2D eigenvalue weighted by molar-refractivity contribution is -0.118. The Morgan fingerprint density at radius 2 is 1.81 bits per heavy atom. The van der Waals surface area contributed by atoms with Gasteiger partial charge in [-0.15, -0.1) is 0 Å². The van der Waals surface area contributed by atoms with Crippen molar-refractivity contribution < 1.29 is 18.3 Å². The fourth-order valence-electron chi connectivity index (χ4n) is 4.84. The number of para-hydroxylation sites is 1. The van der Waals surface area contributed by atoms with E-state index in [1.807, 2.05) is 59.5 Å². The molecular weight excluding hydrogens is 619 g/mol. The second-order valence-electron chi connectivity index (χ2n) is 9.52. The van der Waals surface area contributed by atoms with Crippen LogP contribution in [0.5, 0.6) is 5.75 Å². The Hall–Kier alpha value is -4.54. The van der Waals surface area contributed by atoms with E-state index in [9.17, 15) is 9.18 Å². The van der Waals surface area contributed by atoms with E-state index in [2.05, 4.69) is 31.5 Å². The van der Waals surface area contributed by atoms with E-state index in [1.165, 1.54) is 6.07 Å². The normalized spacial score (nSPS) is 16.2. The summed E-state index contributed by atoms with van der Waals surface area (Å²) >= 11 is 9.09. The number of anilines is 2. The number of hydrogen-bond donors (Lipinski definition) is 2. The van der Waals surface area contributed by atoms with Crippen LogP contribution in [-0.2, 0) is 4.79 Å². The van der Waals surface area contributed by atoms with E-state index in [-0.39, 0.29) is 18.6 Å². The molecule has 1 fully saturated rings. The van der Waals surface area contributed by atoms with Crippen LogP contribution >= 0.6 is 28.1 Å². The molecule has 0 bridgehead atoms. The highest BCUT2D eigenvalue weighted by molar-refractivity contribution is 9.10. The second-order valence-corrected chi connectivity index (χ2v) is 10.8. The maximum absolute atomic E-state index is 14.7. The molecule has 0 aliphatic carbocycles. The van der Waals surface area contributed by atoms with Gasteiger partial charge in [0.2, 0.25) is 0 Å². The van der Waals surface area contributed by atoms with Gasteiger partial charge in [-0.25, -0.2) is 4.39 Å². The summed E-state index contributed by atoms with van der Waals surface area (Å²) in [5.41, 5.74) is 2.53. The number of thiocarbonyl (C=S) groups is 1. The molecule has 210 valence electrons. The number of carbonyl (C=O) groups excluding carboxylic acids is 1. The second kappa shape index (κ2) is 12.1. The quantitative estimate of drug-likeness (QED) is 0.170. The molecule has 2 aromatic heterocycles. The van der Waals surface area contributed by atoms with Gasteiger partial charge in [-0.1, -0.05) is 40.2 Å². The Morgan fingerprint density at radius 1 is 1.02 bits per heavy atom. The summed E-state index contributed by atoms with van der Waals surface area (Å²) in [7, 11) is 0. The van der Waals surface area contributed by atoms with Gasteiger partial charge in [-0.05, 0) is 91.1 Å². The van der Waals surface area contributed by atoms with Gasteiger partial charge in [0, 0.05) is 22.0 Å². The molecular formula is C32H24BrFN4O3S. The molecule has 0 saturated carbocycles. The van der Waals surface area contributed by atoms with Crippen molar-refractivity contribution in [3.63, 3.8) is 0 Å². The lowest BCUT2D eigenvalue weighted by Crippen LogP contribution is -2.29. The molecule has 0 unspecified atom stereocenters. The number of amides is 1. The van der Waals surface area contributed by atoms with Crippen molar-refractivity contribution in [2.45, 2.75) is 12.1 Å². The summed E-state index contributed by atoms with van der Waals surface area (Å²) in [5.74, 6) is 0.946. The van der Waals surface area contributed by atoms with Gasteiger partial charge >= 0.3 is 0 Å². The molecule has 1 aliphatic heterocycles. The van der Waals surface area contributed by atoms with Crippen LogP contribution in [0.15, 0.2) is 118 Å². The van der Waals surface area contributed by atoms with Crippen molar-refractivity contribution in [3.05, 3.63) is 131 Å².